The van der Waals surface area contributed by atoms with Crippen LogP contribution in [0.4, 0.5) is 8.78 Å². The maximum absolute atomic E-state index is 13.7. The number of hydrogen-bond acceptors (Lipinski definition) is 2. The van der Waals surface area contributed by atoms with E-state index in [4.69, 9.17) is 4.74 Å². The van der Waals surface area contributed by atoms with Gasteiger partial charge in [-0.3, -0.25) is 4.79 Å². The van der Waals surface area contributed by atoms with Crippen molar-refractivity contribution in [2.24, 2.45) is 0 Å². The highest BCUT2D eigenvalue weighted by Gasteiger charge is 2.16. The van der Waals surface area contributed by atoms with Gasteiger partial charge < -0.3 is 10.1 Å². The summed E-state index contributed by atoms with van der Waals surface area (Å²) in [5, 5.41) is 2.71. The second-order valence-electron chi connectivity index (χ2n) is 5.00. The van der Waals surface area contributed by atoms with Gasteiger partial charge in [-0.15, -0.1) is 0 Å². The summed E-state index contributed by atoms with van der Waals surface area (Å²) in [5.74, 6) is -1.15. The maximum atomic E-state index is 13.7. The summed E-state index contributed by atoms with van der Waals surface area (Å²) in [6, 6.07) is 10.4. The van der Waals surface area contributed by atoms with Gasteiger partial charge in [0.15, 0.2) is 17.7 Å². The maximum Gasteiger partial charge on any atom is 0.260 e. The van der Waals surface area contributed by atoms with Crippen LogP contribution in [0.15, 0.2) is 46.9 Å². The molecule has 0 fully saturated rings. The Morgan fingerprint density at radius 2 is 1.91 bits per heavy atom. The van der Waals surface area contributed by atoms with Crippen molar-refractivity contribution in [2.75, 3.05) is 6.54 Å². The number of nitrogens with one attached hydrogen (secondary N) is 1. The van der Waals surface area contributed by atoms with Crippen LogP contribution in [0.5, 0.6) is 5.75 Å². The Labute approximate surface area is 141 Å². The molecule has 6 heteroatoms. The van der Waals surface area contributed by atoms with E-state index >= 15 is 0 Å². The summed E-state index contributed by atoms with van der Waals surface area (Å²) in [4.78, 5) is 11.9. The van der Waals surface area contributed by atoms with Gasteiger partial charge in [0.1, 0.15) is 5.82 Å². The Kier molecular flexibility index (Phi) is 6.10. The molecule has 1 N–H and O–H groups in total. The Morgan fingerprint density at radius 1 is 1.22 bits per heavy atom. The highest BCUT2D eigenvalue weighted by Crippen LogP contribution is 2.22. The van der Waals surface area contributed by atoms with Crippen LogP contribution in [-0.2, 0) is 11.2 Å². The number of benzene rings is 2. The second-order valence-corrected chi connectivity index (χ2v) is 5.92. The summed E-state index contributed by atoms with van der Waals surface area (Å²) in [6.07, 6.45) is -0.246. The van der Waals surface area contributed by atoms with Gasteiger partial charge in [-0.1, -0.05) is 28.1 Å². The number of hydrogen-bond donors (Lipinski definition) is 1. The van der Waals surface area contributed by atoms with E-state index in [1.807, 2.05) is 0 Å². The van der Waals surface area contributed by atoms with Crippen molar-refractivity contribution in [3.05, 3.63) is 64.1 Å². The van der Waals surface area contributed by atoms with E-state index in [0.29, 0.717) is 17.4 Å². The third-order valence-electron chi connectivity index (χ3n) is 3.19. The lowest BCUT2D eigenvalue weighted by Gasteiger charge is -2.15. The van der Waals surface area contributed by atoms with Crippen LogP contribution in [0.1, 0.15) is 12.5 Å². The van der Waals surface area contributed by atoms with Crippen LogP contribution < -0.4 is 10.1 Å². The van der Waals surface area contributed by atoms with E-state index in [2.05, 4.69) is 21.2 Å². The Morgan fingerprint density at radius 3 is 2.57 bits per heavy atom. The molecule has 1 atom stereocenters. The van der Waals surface area contributed by atoms with Crippen LogP contribution in [0.25, 0.3) is 0 Å². The monoisotopic (exact) mass is 383 g/mol. The number of amides is 1. The average molecular weight is 384 g/mol. The number of carbonyl (C=O) groups is 1. The summed E-state index contributed by atoms with van der Waals surface area (Å²) >= 11 is 3.15. The Hall–Kier alpha value is -1.95. The quantitative estimate of drug-likeness (QED) is 0.822. The standard InChI is InChI=1S/C17H16BrF2NO2/c1-11(23-16-7-4-13(18)10-15(16)20)17(22)21-9-8-12-2-5-14(19)6-3-12/h2-7,10-11H,8-9H2,1H3,(H,21,22). The van der Waals surface area contributed by atoms with E-state index < -0.39 is 11.9 Å². The minimum Gasteiger partial charge on any atom is -0.478 e. The van der Waals surface area contributed by atoms with Crippen molar-refractivity contribution in [2.45, 2.75) is 19.4 Å². The Bertz CT molecular complexity index is 677. The third kappa shape index (κ3) is 5.32. The van der Waals surface area contributed by atoms with Crippen LogP contribution in [0, 0.1) is 11.6 Å². The first-order valence-electron chi connectivity index (χ1n) is 7.09. The lowest BCUT2D eigenvalue weighted by atomic mass is 10.1. The van der Waals surface area contributed by atoms with Gasteiger partial charge >= 0.3 is 0 Å². The highest BCUT2D eigenvalue weighted by atomic mass is 79.9. The largest absolute Gasteiger partial charge is 0.478 e. The minimum atomic E-state index is -0.820. The lowest BCUT2D eigenvalue weighted by molar-refractivity contribution is -0.127. The molecule has 0 saturated carbocycles. The zero-order valence-electron chi connectivity index (χ0n) is 12.5. The van der Waals surface area contributed by atoms with Gasteiger partial charge in [0.25, 0.3) is 5.91 Å². The number of rotatable bonds is 6. The first-order chi connectivity index (χ1) is 11.0. The summed E-state index contributed by atoms with van der Waals surface area (Å²) in [7, 11) is 0. The van der Waals surface area contributed by atoms with Crippen molar-refractivity contribution in [1.29, 1.82) is 0 Å². The molecule has 1 amide bonds. The van der Waals surface area contributed by atoms with Crippen molar-refractivity contribution < 1.29 is 18.3 Å². The molecule has 0 saturated heterocycles. The van der Waals surface area contributed by atoms with E-state index in [9.17, 15) is 13.6 Å². The minimum absolute atomic E-state index is 0.0226. The van der Waals surface area contributed by atoms with Crippen molar-refractivity contribution in [1.82, 2.24) is 5.32 Å². The zero-order chi connectivity index (χ0) is 16.8. The van der Waals surface area contributed by atoms with Gasteiger partial charge in [-0.25, -0.2) is 8.78 Å². The fourth-order valence-electron chi connectivity index (χ4n) is 1.94. The normalized spacial score (nSPS) is 11.8. The molecular formula is C17H16BrF2NO2. The SMILES string of the molecule is CC(Oc1ccc(Br)cc1F)C(=O)NCCc1ccc(F)cc1. The zero-order valence-corrected chi connectivity index (χ0v) is 14.1. The van der Waals surface area contributed by atoms with Crippen molar-refractivity contribution in [3.8, 4) is 5.75 Å². The molecule has 0 spiro atoms. The topological polar surface area (TPSA) is 38.3 Å². The average Bonchev–Trinajstić information content (AvgIpc) is 2.51. The van der Waals surface area contributed by atoms with Gasteiger partial charge in [0.05, 0.1) is 0 Å². The number of carbonyl (C=O) groups excluding carboxylic acids is 1. The third-order valence-corrected chi connectivity index (χ3v) is 3.69. The fraction of sp³-hybridized carbons (Fsp3) is 0.235. The Balaban J connectivity index is 1.81. The molecule has 0 heterocycles. The molecule has 0 aliphatic heterocycles. The number of halogens is 3. The summed E-state index contributed by atoms with van der Waals surface area (Å²) in [5.41, 5.74) is 0.916. The smallest absolute Gasteiger partial charge is 0.260 e. The van der Waals surface area contributed by atoms with Gasteiger partial charge in [-0.05, 0) is 49.2 Å². The van der Waals surface area contributed by atoms with Crippen molar-refractivity contribution in [3.63, 3.8) is 0 Å². The summed E-state index contributed by atoms with van der Waals surface area (Å²) < 4.78 is 32.4. The van der Waals surface area contributed by atoms with E-state index in [1.54, 1.807) is 25.1 Å². The lowest BCUT2D eigenvalue weighted by Crippen LogP contribution is -2.37. The molecule has 0 bridgehead atoms. The molecule has 0 aliphatic carbocycles. The molecule has 3 nitrogen and oxygen atoms in total. The molecule has 0 radical (unpaired) electrons. The molecule has 1 unspecified atom stereocenters. The fourth-order valence-corrected chi connectivity index (χ4v) is 2.27. The second kappa shape index (κ2) is 8.06. The van der Waals surface area contributed by atoms with Gasteiger partial charge in [0.2, 0.25) is 0 Å². The highest BCUT2D eigenvalue weighted by molar-refractivity contribution is 9.10. The molecule has 2 aromatic carbocycles. The molecule has 0 aliphatic rings. The van der Waals surface area contributed by atoms with Gasteiger partial charge in [0, 0.05) is 11.0 Å². The van der Waals surface area contributed by atoms with E-state index in [0.717, 1.165) is 5.56 Å². The van der Waals surface area contributed by atoms with Crippen LogP contribution in [-0.4, -0.2) is 18.6 Å². The first kappa shape index (κ1) is 17.4. The number of ether oxygens (including phenoxy) is 1. The van der Waals surface area contributed by atoms with Crippen molar-refractivity contribution >= 4 is 21.8 Å². The molecule has 2 rings (SSSR count). The van der Waals surface area contributed by atoms with Crippen LogP contribution >= 0.6 is 15.9 Å². The summed E-state index contributed by atoms with van der Waals surface area (Å²) in [6.45, 7) is 1.94. The van der Waals surface area contributed by atoms with E-state index in [1.165, 1.54) is 24.3 Å². The molecule has 23 heavy (non-hydrogen) atoms. The molecule has 122 valence electrons. The first-order valence-corrected chi connectivity index (χ1v) is 7.89. The van der Waals surface area contributed by atoms with E-state index in [-0.39, 0.29) is 17.5 Å². The molecule has 0 aromatic heterocycles. The van der Waals surface area contributed by atoms with Crippen LogP contribution in [0.3, 0.4) is 0 Å². The molecule has 2 aromatic rings. The molecular weight excluding hydrogens is 368 g/mol. The predicted molar refractivity (Wildman–Crippen MR) is 87.3 cm³/mol. The van der Waals surface area contributed by atoms with Crippen LogP contribution in [0.2, 0.25) is 0 Å². The van der Waals surface area contributed by atoms with Gasteiger partial charge in [-0.2, -0.15) is 0 Å². The predicted octanol–water partition coefficient (Wildman–Crippen LogP) is 3.85.